The summed E-state index contributed by atoms with van der Waals surface area (Å²) in [5.41, 5.74) is 2.21. The van der Waals surface area contributed by atoms with Gasteiger partial charge in [0.1, 0.15) is 12.3 Å². The first-order valence-corrected chi connectivity index (χ1v) is 8.34. The number of rotatable bonds is 4. The van der Waals surface area contributed by atoms with Gasteiger partial charge < -0.3 is 14.4 Å². The van der Waals surface area contributed by atoms with Gasteiger partial charge in [0, 0.05) is 5.56 Å². The lowest BCUT2D eigenvalue weighted by molar-refractivity contribution is -0.137. The highest BCUT2D eigenvalue weighted by molar-refractivity contribution is 7.16. The Bertz CT molecular complexity index is 1020. The molecular formula is C18H16N2O4S. The van der Waals surface area contributed by atoms with Gasteiger partial charge in [0.05, 0.1) is 17.3 Å². The van der Waals surface area contributed by atoms with Crippen LogP contribution in [-0.4, -0.2) is 28.7 Å². The smallest absolute Gasteiger partial charge is 0.323 e. The Kier molecular flexibility index (Phi) is 4.67. The highest BCUT2D eigenvalue weighted by Gasteiger charge is 2.12. The molecule has 0 unspecified atom stereocenters. The van der Waals surface area contributed by atoms with E-state index in [1.807, 2.05) is 19.1 Å². The third-order valence-electron chi connectivity index (χ3n) is 3.68. The minimum Gasteiger partial charge on any atom is -0.497 e. The van der Waals surface area contributed by atoms with Crippen molar-refractivity contribution in [3.63, 3.8) is 0 Å². The average Bonchev–Trinajstić information content (AvgIpc) is 2.91. The van der Waals surface area contributed by atoms with Gasteiger partial charge >= 0.3 is 5.97 Å². The second-order valence-electron chi connectivity index (χ2n) is 5.48. The third kappa shape index (κ3) is 3.61. The number of carboxylic acids is 1. The Balaban J connectivity index is 2.14. The van der Waals surface area contributed by atoms with Crippen molar-refractivity contribution in [1.82, 2.24) is 4.57 Å². The average molecular weight is 356 g/mol. The minimum atomic E-state index is -1.00. The number of amides is 1. The van der Waals surface area contributed by atoms with Gasteiger partial charge in [0.15, 0.2) is 4.80 Å². The summed E-state index contributed by atoms with van der Waals surface area (Å²) in [4.78, 5) is 28.1. The van der Waals surface area contributed by atoms with Gasteiger partial charge in [-0.1, -0.05) is 29.0 Å². The van der Waals surface area contributed by atoms with Gasteiger partial charge in [-0.3, -0.25) is 9.59 Å². The van der Waals surface area contributed by atoms with Crippen LogP contribution in [0.4, 0.5) is 0 Å². The van der Waals surface area contributed by atoms with E-state index in [0.29, 0.717) is 21.6 Å². The fourth-order valence-corrected chi connectivity index (χ4v) is 3.46. The van der Waals surface area contributed by atoms with Crippen LogP contribution in [0.5, 0.6) is 5.75 Å². The van der Waals surface area contributed by atoms with E-state index in [2.05, 4.69) is 4.99 Å². The fraction of sp³-hybridized carbons (Fsp3) is 0.167. The number of methoxy groups -OCH3 is 1. The second kappa shape index (κ2) is 6.90. The lowest BCUT2D eigenvalue weighted by Crippen LogP contribution is -2.21. The molecular weight excluding hydrogens is 340 g/mol. The lowest BCUT2D eigenvalue weighted by Gasteiger charge is -2.02. The van der Waals surface area contributed by atoms with Gasteiger partial charge in [-0.25, -0.2) is 0 Å². The van der Waals surface area contributed by atoms with Crippen LogP contribution in [0.1, 0.15) is 15.9 Å². The molecule has 0 saturated carbocycles. The Morgan fingerprint density at radius 3 is 2.56 bits per heavy atom. The number of fused-ring (bicyclic) bond motifs is 1. The number of hydrogen-bond donors (Lipinski definition) is 1. The summed E-state index contributed by atoms with van der Waals surface area (Å²) in [6.07, 6.45) is 0. The third-order valence-corrected chi connectivity index (χ3v) is 4.72. The molecule has 1 heterocycles. The molecule has 25 heavy (non-hydrogen) atoms. The molecule has 0 saturated heterocycles. The van der Waals surface area contributed by atoms with Gasteiger partial charge in [0.2, 0.25) is 0 Å². The molecule has 0 bridgehead atoms. The Hall–Kier alpha value is -2.93. The van der Waals surface area contributed by atoms with Gasteiger partial charge in [0.25, 0.3) is 5.91 Å². The number of hydrogen-bond acceptors (Lipinski definition) is 4. The predicted octanol–water partition coefficient (Wildman–Crippen LogP) is 2.85. The van der Waals surface area contributed by atoms with Gasteiger partial charge in [-0.15, -0.1) is 0 Å². The highest BCUT2D eigenvalue weighted by Crippen LogP contribution is 2.23. The van der Waals surface area contributed by atoms with Crippen LogP contribution < -0.4 is 9.54 Å². The molecule has 0 aliphatic rings. The summed E-state index contributed by atoms with van der Waals surface area (Å²) in [5, 5.41) is 9.18. The fourth-order valence-electron chi connectivity index (χ4n) is 2.40. The van der Waals surface area contributed by atoms with Crippen molar-refractivity contribution in [2.75, 3.05) is 7.11 Å². The summed E-state index contributed by atoms with van der Waals surface area (Å²) < 4.78 is 7.52. The maximum Gasteiger partial charge on any atom is 0.323 e. The van der Waals surface area contributed by atoms with Gasteiger partial charge in [-0.2, -0.15) is 4.99 Å². The molecule has 0 aliphatic carbocycles. The topological polar surface area (TPSA) is 80.9 Å². The molecule has 1 aromatic heterocycles. The van der Waals surface area contributed by atoms with E-state index in [1.54, 1.807) is 37.4 Å². The molecule has 0 aliphatic heterocycles. The van der Waals surface area contributed by atoms with E-state index in [1.165, 1.54) is 15.9 Å². The summed E-state index contributed by atoms with van der Waals surface area (Å²) >= 11 is 1.25. The molecule has 0 radical (unpaired) electrons. The zero-order valence-corrected chi connectivity index (χ0v) is 14.5. The van der Waals surface area contributed by atoms with Crippen molar-refractivity contribution in [2.24, 2.45) is 4.99 Å². The molecule has 6 nitrogen and oxygen atoms in total. The Labute approximate surface area is 147 Å². The Morgan fingerprint density at radius 1 is 1.20 bits per heavy atom. The van der Waals surface area contributed by atoms with Crippen LogP contribution in [-0.2, 0) is 11.3 Å². The number of benzene rings is 2. The number of nitrogens with zero attached hydrogens (tertiary/aromatic N) is 2. The number of aryl methyl sites for hydroxylation is 1. The van der Waals surface area contributed by atoms with E-state index in [0.717, 1.165) is 10.3 Å². The number of aliphatic carboxylic acids is 1. The zero-order chi connectivity index (χ0) is 18.0. The molecule has 0 atom stereocenters. The van der Waals surface area contributed by atoms with Crippen LogP contribution >= 0.6 is 11.3 Å². The first kappa shape index (κ1) is 16.9. The molecule has 3 rings (SSSR count). The quantitative estimate of drug-likeness (QED) is 0.779. The first-order chi connectivity index (χ1) is 12.0. The van der Waals surface area contributed by atoms with Crippen molar-refractivity contribution in [1.29, 1.82) is 0 Å². The first-order valence-electron chi connectivity index (χ1n) is 7.53. The molecule has 3 aromatic rings. The number of carboxylic acid groups (broad SMARTS) is 1. The second-order valence-corrected chi connectivity index (χ2v) is 6.49. The number of ether oxygens (including phenoxy) is 1. The standard InChI is InChI=1S/C18H16N2O4S/c1-11-3-5-12(6-4-11)17(23)19-18-20(10-16(21)22)14-8-7-13(24-2)9-15(14)25-18/h3-9H,10H2,1-2H3,(H,21,22). The highest BCUT2D eigenvalue weighted by atomic mass is 32.1. The number of thiazole rings is 1. The molecule has 2 aromatic carbocycles. The molecule has 0 fully saturated rings. The van der Waals surface area contributed by atoms with Crippen LogP contribution in [0.25, 0.3) is 10.2 Å². The molecule has 0 spiro atoms. The van der Waals surface area contributed by atoms with Crippen molar-refractivity contribution >= 4 is 33.4 Å². The summed E-state index contributed by atoms with van der Waals surface area (Å²) in [7, 11) is 1.56. The molecule has 1 N–H and O–H groups in total. The van der Waals surface area contributed by atoms with E-state index in [-0.39, 0.29) is 6.54 Å². The number of carbonyl (C=O) groups excluding carboxylic acids is 1. The van der Waals surface area contributed by atoms with E-state index in [4.69, 9.17) is 4.74 Å². The van der Waals surface area contributed by atoms with E-state index in [9.17, 15) is 14.7 Å². The predicted molar refractivity (Wildman–Crippen MR) is 95.1 cm³/mol. The summed E-state index contributed by atoms with van der Waals surface area (Å²) in [6.45, 7) is 1.66. The van der Waals surface area contributed by atoms with Crippen molar-refractivity contribution < 1.29 is 19.4 Å². The minimum absolute atomic E-state index is 0.271. The lowest BCUT2D eigenvalue weighted by atomic mass is 10.1. The monoisotopic (exact) mass is 356 g/mol. The number of aromatic nitrogens is 1. The molecule has 7 heteroatoms. The molecule has 1 amide bonds. The van der Waals surface area contributed by atoms with Crippen molar-refractivity contribution in [3.05, 3.63) is 58.4 Å². The Morgan fingerprint density at radius 2 is 1.92 bits per heavy atom. The maximum atomic E-state index is 12.4. The van der Waals surface area contributed by atoms with Crippen LogP contribution in [0, 0.1) is 6.92 Å². The van der Waals surface area contributed by atoms with Crippen LogP contribution in [0.3, 0.4) is 0 Å². The molecule has 128 valence electrons. The normalized spacial score (nSPS) is 11.7. The SMILES string of the molecule is COc1ccc2c(c1)sc(=NC(=O)c1ccc(C)cc1)n2CC(=O)O. The summed E-state index contributed by atoms with van der Waals surface area (Å²) in [5.74, 6) is -0.745. The van der Waals surface area contributed by atoms with Crippen LogP contribution in [0.15, 0.2) is 47.5 Å². The van der Waals surface area contributed by atoms with E-state index >= 15 is 0 Å². The summed E-state index contributed by atoms with van der Waals surface area (Å²) in [6, 6.07) is 12.4. The zero-order valence-electron chi connectivity index (χ0n) is 13.7. The maximum absolute atomic E-state index is 12.4. The van der Waals surface area contributed by atoms with Crippen molar-refractivity contribution in [3.8, 4) is 5.75 Å². The number of carbonyl (C=O) groups is 2. The van der Waals surface area contributed by atoms with Crippen molar-refractivity contribution in [2.45, 2.75) is 13.5 Å². The van der Waals surface area contributed by atoms with E-state index < -0.39 is 11.9 Å². The van der Waals surface area contributed by atoms with Crippen LogP contribution in [0.2, 0.25) is 0 Å². The largest absolute Gasteiger partial charge is 0.497 e. The van der Waals surface area contributed by atoms with Gasteiger partial charge in [-0.05, 0) is 37.3 Å².